The van der Waals surface area contributed by atoms with Gasteiger partial charge in [-0.15, -0.1) is 11.3 Å². The average Bonchev–Trinajstić information content (AvgIpc) is 2.94. The van der Waals surface area contributed by atoms with Gasteiger partial charge >= 0.3 is 0 Å². The van der Waals surface area contributed by atoms with E-state index in [1.165, 1.54) is 16.0 Å². The van der Waals surface area contributed by atoms with Crippen molar-refractivity contribution >= 4 is 17.3 Å². The van der Waals surface area contributed by atoms with E-state index in [-0.39, 0.29) is 0 Å². The fourth-order valence-electron chi connectivity index (χ4n) is 2.01. The van der Waals surface area contributed by atoms with Crippen molar-refractivity contribution in [3.63, 3.8) is 0 Å². The molecule has 0 atom stereocenters. The molecule has 0 aliphatic heterocycles. The normalized spacial score (nSPS) is 11.6. The van der Waals surface area contributed by atoms with E-state index in [1.807, 2.05) is 0 Å². The topological polar surface area (TPSA) is 50.4 Å². The molecule has 0 aliphatic carbocycles. The highest BCUT2D eigenvalue weighted by Gasteiger charge is 1.98. The Balaban J connectivity index is 1.69. The van der Waals surface area contributed by atoms with Gasteiger partial charge in [0, 0.05) is 24.4 Å². The molecule has 1 aromatic heterocycles. The van der Waals surface area contributed by atoms with Gasteiger partial charge in [-0.1, -0.05) is 30.3 Å². The van der Waals surface area contributed by atoms with Gasteiger partial charge in [0.25, 0.3) is 0 Å². The van der Waals surface area contributed by atoms with Crippen LogP contribution in [0.2, 0.25) is 0 Å². The Labute approximate surface area is 124 Å². The van der Waals surface area contributed by atoms with Crippen molar-refractivity contribution in [2.75, 3.05) is 13.1 Å². The molecule has 0 bridgehead atoms. The summed E-state index contributed by atoms with van der Waals surface area (Å²) in [6.45, 7) is 3.69. The Hall–Kier alpha value is -1.81. The van der Waals surface area contributed by atoms with Crippen molar-refractivity contribution in [1.29, 1.82) is 0 Å². The van der Waals surface area contributed by atoms with Crippen LogP contribution < -0.4 is 11.1 Å². The van der Waals surface area contributed by atoms with Gasteiger partial charge < -0.3 is 11.1 Å². The summed E-state index contributed by atoms with van der Waals surface area (Å²) >= 11 is 1.76. The predicted molar refractivity (Wildman–Crippen MR) is 87.4 cm³/mol. The van der Waals surface area contributed by atoms with E-state index in [0.29, 0.717) is 5.96 Å². The lowest BCUT2D eigenvalue weighted by molar-refractivity contribution is 0.841. The molecule has 3 nitrogen and oxygen atoms in total. The number of thiophene rings is 1. The van der Waals surface area contributed by atoms with Crippen molar-refractivity contribution in [1.82, 2.24) is 5.32 Å². The van der Waals surface area contributed by atoms with Gasteiger partial charge in [0.1, 0.15) is 0 Å². The first-order chi connectivity index (χ1) is 9.75. The van der Waals surface area contributed by atoms with Crippen LogP contribution in [0.1, 0.15) is 16.0 Å². The molecule has 1 aromatic carbocycles. The summed E-state index contributed by atoms with van der Waals surface area (Å²) in [5.41, 5.74) is 8.53. The zero-order valence-electron chi connectivity index (χ0n) is 11.8. The summed E-state index contributed by atoms with van der Waals surface area (Å²) in [5, 5.41) is 5.26. The Morgan fingerprint density at radius 1 is 1.20 bits per heavy atom. The number of hydrogen-bond acceptors (Lipinski definition) is 2. The molecule has 106 valence electrons. The third-order valence-electron chi connectivity index (χ3n) is 3.18. The fourth-order valence-corrected chi connectivity index (χ4v) is 2.71. The van der Waals surface area contributed by atoms with Gasteiger partial charge in [-0.25, -0.2) is 0 Å². The molecular weight excluding hydrogens is 266 g/mol. The lowest BCUT2D eigenvalue weighted by Gasteiger charge is -2.07. The largest absolute Gasteiger partial charge is 0.370 e. The molecule has 0 aliphatic rings. The number of aryl methyl sites for hydroxylation is 1. The lowest BCUT2D eigenvalue weighted by Crippen LogP contribution is -2.33. The first-order valence-electron chi connectivity index (χ1n) is 6.86. The Morgan fingerprint density at radius 3 is 2.80 bits per heavy atom. The molecule has 1 heterocycles. The highest BCUT2D eigenvalue weighted by Crippen LogP contribution is 2.09. The Morgan fingerprint density at radius 2 is 2.05 bits per heavy atom. The summed E-state index contributed by atoms with van der Waals surface area (Å²) in [5.74, 6) is 0.537. The van der Waals surface area contributed by atoms with Crippen LogP contribution in [-0.2, 0) is 12.8 Å². The van der Waals surface area contributed by atoms with E-state index in [1.54, 1.807) is 11.3 Å². The predicted octanol–water partition coefficient (Wildman–Crippen LogP) is 2.75. The van der Waals surface area contributed by atoms with Crippen LogP contribution in [0.3, 0.4) is 0 Å². The monoisotopic (exact) mass is 287 g/mol. The van der Waals surface area contributed by atoms with Gasteiger partial charge in [0.2, 0.25) is 0 Å². The number of rotatable bonds is 6. The molecule has 3 N–H and O–H groups in total. The van der Waals surface area contributed by atoms with E-state index in [0.717, 1.165) is 25.9 Å². The van der Waals surface area contributed by atoms with Gasteiger partial charge in [0.15, 0.2) is 5.96 Å². The first-order valence-corrected chi connectivity index (χ1v) is 7.74. The summed E-state index contributed by atoms with van der Waals surface area (Å²) in [6, 6.07) is 12.6. The maximum absolute atomic E-state index is 5.86. The third kappa shape index (κ3) is 4.70. The van der Waals surface area contributed by atoms with Crippen LogP contribution in [0.15, 0.2) is 46.8 Å². The maximum Gasteiger partial charge on any atom is 0.188 e. The van der Waals surface area contributed by atoms with Crippen molar-refractivity contribution < 1.29 is 0 Å². The second-order valence-corrected chi connectivity index (χ2v) is 5.73. The van der Waals surface area contributed by atoms with Crippen LogP contribution in [0, 0.1) is 6.92 Å². The lowest BCUT2D eigenvalue weighted by atomic mass is 10.1. The number of guanidine groups is 1. The van der Waals surface area contributed by atoms with Crippen LogP contribution >= 0.6 is 11.3 Å². The van der Waals surface area contributed by atoms with E-state index in [9.17, 15) is 0 Å². The molecule has 2 aromatic rings. The number of nitrogens with zero attached hydrogens (tertiary/aromatic N) is 1. The van der Waals surface area contributed by atoms with Crippen LogP contribution in [-0.4, -0.2) is 19.0 Å². The molecule has 0 saturated heterocycles. The molecule has 0 spiro atoms. The smallest absolute Gasteiger partial charge is 0.188 e. The standard InChI is InChI=1S/C16H21N3S/c1-13-5-2-3-6-14(13)8-10-18-16(17)19-11-9-15-7-4-12-20-15/h2-7,12H,8-11H2,1H3,(H3,17,18,19). The zero-order chi connectivity index (χ0) is 14.2. The number of nitrogens with one attached hydrogen (secondary N) is 1. The number of nitrogens with two attached hydrogens (primary N) is 1. The first kappa shape index (κ1) is 14.6. The second kappa shape index (κ2) is 7.70. The third-order valence-corrected chi connectivity index (χ3v) is 4.12. The van der Waals surface area contributed by atoms with Crippen LogP contribution in [0.5, 0.6) is 0 Å². The van der Waals surface area contributed by atoms with Crippen molar-refractivity contribution in [2.45, 2.75) is 19.8 Å². The number of benzene rings is 1. The molecule has 0 amide bonds. The zero-order valence-corrected chi connectivity index (χ0v) is 12.6. The van der Waals surface area contributed by atoms with Gasteiger partial charge in [-0.05, 0) is 35.9 Å². The van der Waals surface area contributed by atoms with E-state index in [2.05, 4.69) is 59.0 Å². The van der Waals surface area contributed by atoms with Crippen LogP contribution in [0.4, 0.5) is 0 Å². The highest BCUT2D eigenvalue weighted by molar-refractivity contribution is 7.09. The van der Waals surface area contributed by atoms with Crippen molar-refractivity contribution in [2.24, 2.45) is 10.7 Å². The summed E-state index contributed by atoms with van der Waals surface area (Å²) in [7, 11) is 0. The van der Waals surface area contributed by atoms with Crippen molar-refractivity contribution in [3.8, 4) is 0 Å². The Kier molecular flexibility index (Phi) is 5.62. The molecule has 0 fully saturated rings. The summed E-state index contributed by atoms with van der Waals surface area (Å²) < 4.78 is 0. The molecule has 4 heteroatoms. The molecule has 2 rings (SSSR count). The summed E-state index contributed by atoms with van der Waals surface area (Å²) in [6.07, 6.45) is 1.92. The van der Waals surface area contributed by atoms with E-state index >= 15 is 0 Å². The molecule has 20 heavy (non-hydrogen) atoms. The van der Waals surface area contributed by atoms with E-state index in [4.69, 9.17) is 5.73 Å². The average molecular weight is 287 g/mol. The molecule has 0 saturated carbocycles. The van der Waals surface area contributed by atoms with Gasteiger partial charge in [-0.2, -0.15) is 0 Å². The molecular formula is C16H21N3S. The second-order valence-electron chi connectivity index (χ2n) is 4.70. The Bertz CT molecular complexity index is 547. The van der Waals surface area contributed by atoms with Gasteiger partial charge in [0.05, 0.1) is 0 Å². The van der Waals surface area contributed by atoms with E-state index < -0.39 is 0 Å². The number of hydrogen-bond donors (Lipinski definition) is 2. The van der Waals surface area contributed by atoms with Crippen molar-refractivity contribution in [3.05, 3.63) is 57.8 Å². The maximum atomic E-state index is 5.86. The quantitative estimate of drug-likeness (QED) is 0.634. The summed E-state index contributed by atoms with van der Waals surface area (Å²) in [4.78, 5) is 5.69. The highest BCUT2D eigenvalue weighted by atomic mass is 32.1. The fraction of sp³-hybridized carbons (Fsp3) is 0.312. The minimum Gasteiger partial charge on any atom is -0.370 e. The minimum absolute atomic E-state index is 0.537. The number of aliphatic imine (C=N–C) groups is 1. The van der Waals surface area contributed by atoms with Crippen LogP contribution in [0.25, 0.3) is 0 Å². The SMILES string of the molecule is Cc1ccccc1CCNC(N)=NCCc1cccs1. The van der Waals surface area contributed by atoms with Gasteiger partial charge in [-0.3, -0.25) is 4.99 Å². The molecule has 0 radical (unpaired) electrons. The molecule has 0 unspecified atom stereocenters. The minimum atomic E-state index is 0.537.